The van der Waals surface area contributed by atoms with Crippen molar-refractivity contribution < 1.29 is 19.1 Å². The number of hydrogen-bond donors (Lipinski definition) is 2. The summed E-state index contributed by atoms with van der Waals surface area (Å²) in [6.07, 6.45) is 5.56. The van der Waals surface area contributed by atoms with Gasteiger partial charge in [0.15, 0.2) is 5.79 Å². The molecule has 0 unspecified atom stereocenters. The van der Waals surface area contributed by atoms with Crippen LogP contribution in [0.4, 0.5) is 0 Å². The van der Waals surface area contributed by atoms with Gasteiger partial charge in [-0.2, -0.15) is 0 Å². The van der Waals surface area contributed by atoms with Gasteiger partial charge < -0.3 is 20.1 Å². The van der Waals surface area contributed by atoms with Crippen molar-refractivity contribution in [3.8, 4) is 0 Å². The molecule has 2 fully saturated rings. The Morgan fingerprint density at radius 3 is 2.56 bits per heavy atom. The highest BCUT2D eigenvalue weighted by atomic mass is 16.7. The second kappa shape index (κ2) is 8.45. The number of aryl methyl sites for hydroxylation is 1. The molecule has 136 valence electrons. The predicted molar refractivity (Wildman–Crippen MR) is 92.8 cm³/mol. The quantitative estimate of drug-likeness (QED) is 0.605. The van der Waals surface area contributed by atoms with Gasteiger partial charge in [-0.25, -0.2) is 0 Å². The van der Waals surface area contributed by atoms with Crippen LogP contribution in [0.15, 0.2) is 30.3 Å². The van der Waals surface area contributed by atoms with Gasteiger partial charge in [-0.3, -0.25) is 9.59 Å². The molecule has 0 bridgehead atoms. The molecule has 2 aliphatic rings. The number of hydrogen-bond acceptors (Lipinski definition) is 4. The molecule has 0 aromatic heterocycles. The summed E-state index contributed by atoms with van der Waals surface area (Å²) < 4.78 is 11.7. The van der Waals surface area contributed by atoms with Gasteiger partial charge in [0.05, 0.1) is 6.61 Å². The summed E-state index contributed by atoms with van der Waals surface area (Å²) in [4.78, 5) is 23.7. The third-order valence-corrected chi connectivity index (χ3v) is 4.75. The van der Waals surface area contributed by atoms with Crippen LogP contribution in [0, 0.1) is 0 Å². The number of rotatable bonds is 6. The zero-order chi connectivity index (χ0) is 17.5. The van der Waals surface area contributed by atoms with E-state index in [9.17, 15) is 9.59 Å². The SMILES string of the molecule is O=C(NCCCc1ccccc1)C(=O)NC[C@H]1COC2(CCCC2)O1. The van der Waals surface area contributed by atoms with Crippen molar-refractivity contribution in [1.82, 2.24) is 10.6 Å². The van der Waals surface area contributed by atoms with Crippen LogP contribution in [0.2, 0.25) is 0 Å². The van der Waals surface area contributed by atoms with Gasteiger partial charge in [0.2, 0.25) is 0 Å². The third kappa shape index (κ3) is 5.03. The maximum absolute atomic E-state index is 11.9. The zero-order valence-electron chi connectivity index (χ0n) is 14.5. The first kappa shape index (κ1) is 17.9. The molecule has 25 heavy (non-hydrogen) atoms. The van der Waals surface area contributed by atoms with Gasteiger partial charge in [-0.05, 0) is 31.2 Å². The lowest BCUT2D eigenvalue weighted by Gasteiger charge is -2.21. The van der Waals surface area contributed by atoms with E-state index >= 15 is 0 Å². The normalized spacial score (nSPS) is 21.4. The van der Waals surface area contributed by atoms with Gasteiger partial charge >= 0.3 is 11.8 Å². The molecule has 1 aliphatic carbocycles. The van der Waals surface area contributed by atoms with E-state index in [1.807, 2.05) is 18.2 Å². The minimum Gasteiger partial charge on any atom is -0.348 e. The Morgan fingerprint density at radius 2 is 1.80 bits per heavy atom. The Kier molecular flexibility index (Phi) is 6.04. The van der Waals surface area contributed by atoms with E-state index in [2.05, 4.69) is 22.8 Å². The second-order valence-corrected chi connectivity index (χ2v) is 6.72. The molecule has 6 heteroatoms. The van der Waals surface area contributed by atoms with Crippen molar-refractivity contribution in [2.45, 2.75) is 50.4 Å². The number of ether oxygens (including phenoxy) is 2. The fraction of sp³-hybridized carbons (Fsp3) is 0.579. The molecule has 1 aromatic rings. The molecule has 3 rings (SSSR count). The summed E-state index contributed by atoms with van der Waals surface area (Å²) in [5.41, 5.74) is 1.22. The van der Waals surface area contributed by atoms with Crippen molar-refractivity contribution in [2.75, 3.05) is 19.7 Å². The van der Waals surface area contributed by atoms with E-state index in [1.165, 1.54) is 5.56 Å². The van der Waals surface area contributed by atoms with E-state index in [0.717, 1.165) is 38.5 Å². The van der Waals surface area contributed by atoms with Crippen molar-refractivity contribution in [1.29, 1.82) is 0 Å². The molecule has 1 aromatic carbocycles. The summed E-state index contributed by atoms with van der Waals surface area (Å²) >= 11 is 0. The molecule has 6 nitrogen and oxygen atoms in total. The van der Waals surface area contributed by atoms with E-state index < -0.39 is 17.6 Å². The van der Waals surface area contributed by atoms with Crippen LogP contribution < -0.4 is 10.6 Å². The highest BCUT2D eigenvalue weighted by molar-refractivity contribution is 6.35. The molecule has 0 radical (unpaired) electrons. The number of nitrogens with one attached hydrogen (secondary N) is 2. The van der Waals surface area contributed by atoms with Gasteiger partial charge in [0.25, 0.3) is 0 Å². The molecular formula is C19H26N2O4. The lowest BCUT2D eigenvalue weighted by atomic mass is 10.1. The Morgan fingerprint density at radius 1 is 1.08 bits per heavy atom. The first-order valence-electron chi connectivity index (χ1n) is 9.09. The van der Waals surface area contributed by atoms with Crippen LogP contribution in [0.1, 0.15) is 37.7 Å². The summed E-state index contributed by atoms with van der Waals surface area (Å²) in [7, 11) is 0. The Bertz CT molecular complexity index is 584. The summed E-state index contributed by atoms with van der Waals surface area (Å²) in [5, 5.41) is 5.29. The van der Waals surface area contributed by atoms with Crippen LogP contribution >= 0.6 is 0 Å². The average Bonchev–Trinajstić information content (AvgIpc) is 3.27. The van der Waals surface area contributed by atoms with Gasteiger partial charge in [-0.1, -0.05) is 30.3 Å². The maximum atomic E-state index is 11.9. The predicted octanol–water partition coefficient (Wildman–Crippen LogP) is 1.54. The molecule has 1 spiro atoms. The lowest BCUT2D eigenvalue weighted by molar-refractivity contribution is -0.161. The monoisotopic (exact) mass is 346 g/mol. The fourth-order valence-corrected chi connectivity index (χ4v) is 3.40. The highest BCUT2D eigenvalue weighted by Gasteiger charge is 2.43. The van der Waals surface area contributed by atoms with Crippen molar-refractivity contribution in [3.05, 3.63) is 35.9 Å². The fourth-order valence-electron chi connectivity index (χ4n) is 3.40. The Labute approximate surface area is 148 Å². The molecule has 1 atom stereocenters. The lowest BCUT2D eigenvalue weighted by Crippen LogP contribution is -2.43. The Hall–Kier alpha value is -1.92. The molecular weight excluding hydrogens is 320 g/mol. The molecule has 1 heterocycles. The van der Waals surface area contributed by atoms with E-state index in [0.29, 0.717) is 19.7 Å². The van der Waals surface area contributed by atoms with Crippen LogP contribution in [0.25, 0.3) is 0 Å². The molecule has 2 amide bonds. The minimum absolute atomic E-state index is 0.173. The average molecular weight is 346 g/mol. The molecule has 1 saturated heterocycles. The van der Waals surface area contributed by atoms with Crippen LogP contribution in [-0.2, 0) is 25.5 Å². The summed E-state index contributed by atoms with van der Waals surface area (Å²) in [5.74, 6) is -1.65. The number of carbonyl (C=O) groups excluding carboxylic acids is 2. The van der Waals surface area contributed by atoms with Crippen LogP contribution in [0.3, 0.4) is 0 Å². The van der Waals surface area contributed by atoms with E-state index in [4.69, 9.17) is 9.47 Å². The third-order valence-electron chi connectivity index (χ3n) is 4.75. The Balaban J connectivity index is 1.29. The minimum atomic E-state index is -0.615. The molecule has 1 aliphatic heterocycles. The van der Waals surface area contributed by atoms with Crippen molar-refractivity contribution in [2.24, 2.45) is 0 Å². The number of carbonyl (C=O) groups is 2. The van der Waals surface area contributed by atoms with Gasteiger partial charge in [0.1, 0.15) is 6.10 Å². The molecule has 1 saturated carbocycles. The smallest absolute Gasteiger partial charge is 0.309 e. The molecule has 2 N–H and O–H groups in total. The van der Waals surface area contributed by atoms with Crippen molar-refractivity contribution >= 4 is 11.8 Å². The topological polar surface area (TPSA) is 76.7 Å². The number of benzene rings is 1. The summed E-state index contributed by atoms with van der Waals surface area (Å²) in [6.45, 7) is 1.25. The second-order valence-electron chi connectivity index (χ2n) is 6.72. The van der Waals surface area contributed by atoms with Gasteiger partial charge in [0, 0.05) is 25.9 Å². The number of amides is 2. The summed E-state index contributed by atoms with van der Waals surface area (Å²) in [6, 6.07) is 10.1. The largest absolute Gasteiger partial charge is 0.348 e. The standard InChI is InChI=1S/C19H26N2O4/c22-17(20-12-6-9-15-7-2-1-3-8-15)18(23)21-13-16-14-24-19(25-16)10-4-5-11-19/h1-3,7-8,16H,4-6,9-14H2,(H,20,22)(H,21,23)/t16-/m0/s1. The van der Waals surface area contributed by atoms with E-state index in [-0.39, 0.29) is 6.10 Å². The maximum Gasteiger partial charge on any atom is 0.309 e. The zero-order valence-corrected chi connectivity index (χ0v) is 14.5. The van der Waals surface area contributed by atoms with Crippen LogP contribution in [0.5, 0.6) is 0 Å². The van der Waals surface area contributed by atoms with Crippen molar-refractivity contribution in [3.63, 3.8) is 0 Å². The first-order valence-corrected chi connectivity index (χ1v) is 9.09. The van der Waals surface area contributed by atoms with Crippen LogP contribution in [-0.4, -0.2) is 43.4 Å². The first-order chi connectivity index (χ1) is 12.2. The van der Waals surface area contributed by atoms with Gasteiger partial charge in [-0.15, -0.1) is 0 Å². The highest BCUT2D eigenvalue weighted by Crippen LogP contribution is 2.38. The van der Waals surface area contributed by atoms with E-state index in [1.54, 1.807) is 0 Å².